The van der Waals surface area contributed by atoms with Gasteiger partial charge in [0.25, 0.3) is 0 Å². The van der Waals surface area contributed by atoms with Crippen molar-refractivity contribution >= 4 is 35.0 Å². The van der Waals surface area contributed by atoms with Crippen LogP contribution in [0.25, 0.3) is 0 Å². The van der Waals surface area contributed by atoms with Gasteiger partial charge in [-0.05, 0) is 18.6 Å². The molecule has 0 aliphatic carbocycles. The van der Waals surface area contributed by atoms with Crippen LogP contribution in [-0.4, -0.2) is 29.1 Å². The molecule has 0 saturated carbocycles. The third kappa shape index (κ3) is 3.41. The van der Waals surface area contributed by atoms with Gasteiger partial charge in [0, 0.05) is 12.5 Å². The van der Waals surface area contributed by atoms with Crippen molar-refractivity contribution in [1.29, 1.82) is 0 Å². The van der Waals surface area contributed by atoms with Crippen LogP contribution in [0.2, 0.25) is 0 Å². The number of ether oxygens (including phenoxy) is 1. The maximum atomic E-state index is 5.98. The Bertz CT molecular complexity index is 113. The smallest absolute Gasteiger partial charge is 0.119 e. The van der Waals surface area contributed by atoms with Crippen LogP contribution < -0.4 is 0 Å². The van der Waals surface area contributed by atoms with E-state index in [2.05, 4.69) is 0 Å². The van der Waals surface area contributed by atoms with E-state index in [9.17, 15) is 0 Å². The fourth-order valence-corrected chi connectivity index (χ4v) is 2.74. The van der Waals surface area contributed by atoms with Crippen LogP contribution in [0.4, 0.5) is 0 Å². The minimum atomic E-state index is 0.204. The minimum Gasteiger partial charge on any atom is -0.366 e. The molecule has 1 aliphatic rings. The highest BCUT2D eigenvalue weighted by Gasteiger charge is 2.26. The zero-order valence-electron chi connectivity index (χ0n) is 6.26. The maximum Gasteiger partial charge on any atom is 0.119 e. The monoisotopic (exact) mass is 214 g/mol. The lowest BCUT2D eigenvalue weighted by Crippen LogP contribution is -2.16. The normalized spacial score (nSPS) is 31.1. The summed E-state index contributed by atoms with van der Waals surface area (Å²) in [5.41, 5.74) is 0.208. The number of alkyl halides is 2. The highest BCUT2D eigenvalue weighted by atomic mass is 35.5. The lowest BCUT2D eigenvalue weighted by Gasteiger charge is -2.12. The topological polar surface area (TPSA) is 9.23 Å². The summed E-state index contributed by atoms with van der Waals surface area (Å²) < 4.78 is 5.50. The Morgan fingerprint density at radius 3 is 2.91 bits per heavy atom. The fraction of sp³-hybridized carbons (Fsp3) is 1.00. The molecule has 0 radical (unpaired) electrons. The second-order valence-corrected chi connectivity index (χ2v) is 4.60. The van der Waals surface area contributed by atoms with Gasteiger partial charge >= 0.3 is 0 Å². The summed E-state index contributed by atoms with van der Waals surface area (Å²) in [5, 5.41) is 0.204. The van der Waals surface area contributed by atoms with Crippen molar-refractivity contribution in [3.63, 3.8) is 0 Å². The molecule has 4 heteroatoms. The van der Waals surface area contributed by atoms with Crippen LogP contribution in [0.3, 0.4) is 0 Å². The molecule has 2 atom stereocenters. The maximum absolute atomic E-state index is 5.98. The van der Waals surface area contributed by atoms with E-state index in [1.165, 1.54) is 0 Å². The van der Waals surface area contributed by atoms with Gasteiger partial charge in [0.2, 0.25) is 0 Å². The Labute approximate surface area is 81.8 Å². The van der Waals surface area contributed by atoms with Gasteiger partial charge in [0.05, 0.1) is 5.38 Å². The SMILES string of the molecule is ClCCCOC1SCCC1Cl. The van der Waals surface area contributed by atoms with Crippen LogP contribution >= 0.6 is 35.0 Å². The predicted molar refractivity (Wildman–Crippen MR) is 51.8 cm³/mol. The van der Waals surface area contributed by atoms with Gasteiger partial charge in [0.1, 0.15) is 5.44 Å². The molecule has 66 valence electrons. The van der Waals surface area contributed by atoms with Crippen LogP contribution in [0.5, 0.6) is 0 Å². The van der Waals surface area contributed by atoms with Crippen molar-refractivity contribution in [3.8, 4) is 0 Å². The van der Waals surface area contributed by atoms with E-state index < -0.39 is 0 Å². The molecule has 0 amide bonds. The van der Waals surface area contributed by atoms with Crippen molar-refractivity contribution in [2.75, 3.05) is 18.2 Å². The Balaban J connectivity index is 2.05. The van der Waals surface area contributed by atoms with Crippen molar-refractivity contribution in [2.45, 2.75) is 23.7 Å². The summed E-state index contributed by atoms with van der Waals surface area (Å²) in [6.45, 7) is 0.740. The minimum absolute atomic E-state index is 0.204. The summed E-state index contributed by atoms with van der Waals surface area (Å²) in [6.07, 6.45) is 1.99. The van der Waals surface area contributed by atoms with Gasteiger partial charge in [-0.1, -0.05) is 0 Å². The number of rotatable bonds is 4. The Morgan fingerprint density at radius 2 is 2.36 bits per heavy atom. The first-order chi connectivity index (χ1) is 5.34. The van der Waals surface area contributed by atoms with E-state index >= 15 is 0 Å². The van der Waals surface area contributed by atoms with E-state index in [0.717, 1.165) is 25.2 Å². The van der Waals surface area contributed by atoms with Gasteiger partial charge in [-0.2, -0.15) is 0 Å². The van der Waals surface area contributed by atoms with E-state index in [1.807, 2.05) is 0 Å². The molecule has 0 aromatic heterocycles. The summed E-state index contributed by atoms with van der Waals surface area (Å²) >= 11 is 13.3. The first-order valence-corrected chi connectivity index (χ1v) is 5.80. The average molecular weight is 215 g/mol. The fourth-order valence-electron chi connectivity index (χ4n) is 0.944. The molecule has 0 bridgehead atoms. The molecule has 0 aromatic carbocycles. The Morgan fingerprint density at radius 1 is 1.55 bits per heavy atom. The zero-order valence-corrected chi connectivity index (χ0v) is 8.59. The van der Waals surface area contributed by atoms with Gasteiger partial charge < -0.3 is 4.74 Å². The van der Waals surface area contributed by atoms with E-state index in [-0.39, 0.29) is 10.8 Å². The number of hydrogen-bond donors (Lipinski definition) is 0. The summed E-state index contributed by atoms with van der Waals surface area (Å²) in [6, 6.07) is 0. The third-order valence-corrected chi connectivity index (χ3v) is 3.66. The lowest BCUT2D eigenvalue weighted by molar-refractivity contribution is 0.114. The predicted octanol–water partition coefficient (Wildman–Crippen LogP) is 2.70. The van der Waals surface area contributed by atoms with Crippen molar-refractivity contribution in [2.24, 2.45) is 0 Å². The van der Waals surface area contributed by atoms with Crippen LogP contribution in [0, 0.1) is 0 Å². The summed E-state index contributed by atoms with van der Waals surface area (Å²) in [5.74, 6) is 1.80. The van der Waals surface area contributed by atoms with Gasteiger partial charge in [0.15, 0.2) is 0 Å². The first kappa shape index (κ1) is 9.97. The molecular formula is C7H12Cl2OS. The van der Waals surface area contributed by atoms with Crippen molar-refractivity contribution in [3.05, 3.63) is 0 Å². The molecule has 11 heavy (non-hydrogen) atoms. The number of hydrogen-bond acceptors (Lipinski definition) is 2. The lowest BCUT2D eigenvalue weighted by atomic mass is 10.3. The van der Waals surface area contributed by atoms with E-state index in [1.54, 1.807) is 11.8 Å². The number of halogens is 2. The Kier molecular flexibility index (Phi) is 5.01. The van der Waals surface area contributed by atoms with Crippen LogP contribution in [-0.2, 0) is 4.74 Å². The second-order valence-electron chi connectivity index (χ2n) is 2.46. The molecule has 1 saturated heterocycles. The molecule has 1 heterocycles. The number of thioether (sulfide) groups is 1. The molecule has 1 nitrogen and oxygen atoms in total. The second kappa shape index (κ2) is 5.52. The molecule has 0 aromatic rings. The van der Waals surface area contributed by atoms with Gasteiger partial charge in [-0.3, -0.25) is 0 Å². The van der Waals surface area contributed by atoms with Gasteiger partial charge in [-0.15, -0.1) is 35.0 Å². The molecule has 1 rings (SSSR count). The Hall–Kier alpha value is 0.890. The standard InChI is InChI=1S/C7H12Cl2OS/c8-3-1-4-10-7-6(9)2-5-11-7/h6-7H,1-5H2. The van der Waals surface area contributed by atoms with Crippen LogP contribution in [0.15, 0.2) is 0 Å². The molecule has 1 fully saturated rings. The van der Waals surface area contributed by atoms with Crippen molar-refractivity contribution in [1.82, 2.24) is 0 Å². The molecule has 0 N–H and O–H groups in total. The van der Waals surface area contributed by atoms with E-state index in [0.29, 0.717) is 5.88 Å². The molecule has 2 unspecified atom stereocenters. The third-order valence-electron chi connectivity index (χ3n) is 1.53. The van der Waals surface area contributed by atoms with Crippen molar-refractivity contribution < 1.29 is 4.74 Å². The summed E-state index contributed by atoms with van der Waals surface area (Å²) in [4.78, 5) is 0. The highest BCUT2D eigenvalue weighted by molar-refractivity contribution is 8.00. The van der Waals surface area contributed by atoms with E-state index in [4.69, 9.17) is 27.9 Å². The zero-order chi connectivity index (χ0) is 8.10. The van der Waals surface area contributed by atoms with Crippen LogP contribution in [0.1, 0.15) is 12.8 Å². The summed E-state index contributed by atoms with van der Waals surface area (Å²) in [7, 11) is 0. The average Bonchev–Trinajstić information content (AvgIpc) is 2.37. The molecule has 1 aliphatic heterocycles. The quantitative estimate of drug-likeness (QED) is 0.526. The molecule has 0 spiro atoms. The molecular weight excluding hydrogens is 203 g/mol. The van der Waals surface area contributed by atoms with Gasteiger partial charge in [-0.25, -0.2) is 0 Å². The first-order valence-electron chi connectivity index (χ1n) is 3.78. The highest BCUT2D eigenvalue weighted by Crippen LogP contribution is 2.31. The largest absolute Gasteiger partial charge is 0.366 e.